The number of carbonyl (C=O) groups excluding carboxylic acids is 2. The van der Waals surface area contributed by atoms with E-state index in [0.29, 0.717) is 44.9 Å². The second-order valence-corrected chi connectivity index (χ2v) is 16.6. The van der Waals surface area contributed by atoms with Gasteiger partial charge in [-0.15, -0.1) is 0 Å². The van der Waals surface area contributed by atoms with Crippen molar-refractivity contribution in [3.05, 3.63) is 291 Å². The Morgan fingerprint density at radius 2 is 0.645 bits per heavy atom. The monoisotopic (exact) mass is 1030 g/mol. The van der Waals surface area contributed by atoms with Crippen LogP contribution in [0.3, 0.4) is 0 Å². The minimum absolute atomic E-state index is 0.371. The van der Waals surface area contributed by atoms with Crippen LogP contribution in [-0.2, 0) is 20.7 Å². The van der Waals surface area contributed by atoms with Gasteiger partial charge in [-0.1, -0.05) is 146 Å². The SMILES string of the molecule is COc1ccc(C(O)(c2ccccc2)C(OC(=O)c2cc([N+](=O)[O-])cc([N+](=O)[O-])c2)c2ccccc2)cc1.COc1ccc(C(O)(c2ccccc2)C(OC(=O)c2cc([N+](=O)[O-])cc([N+](=O)[O-])c2)c2ccccc2)cc1. The Balaban J connectivity index is 0.000000221. The molecule has 0 radical (unpaired) electrons. The van der Waals surface area contributed by atoms with Crippen molar-refractivity contribution in [3.63, 3.8) is 0 Å². The fourth-order valence-electron chi connectivity index (χ4n) is 8.26. The fourth-order valence-corrected chi connectivity index (χ4v) is 8.26. The van der Waals surface area contributed by atoms with Crippen LogP contribution < -0.4 is 9.47 Å². The number of methoxy groups -OCH3 is 2. The van der Waals surface area contributed by atoms with Gasteiger partial charge in [0.05, 0.1) is 57.2 Å². The van der Waals surface area contributed by atoms with Gasteiger partial charge in [0.15, 0.2) is 23.4 Å². The lowest BCUT2D eigenvalue weighted by molar-refractivity contribution is -0.394. The second kappa shape index (κ2) is 23.6. The summed E-state index contributed by atoms with van der Waals surface area (Å²) in [6.45, 7) is 0. The molecule has 2 N–H and O–H groups in total. The van der Waals surface area contributed by atoms with Gasteiger partial charge in [0.25, 0.3) is 22.7 Å². The average molecular weight is 1030 g/mol. The maximum absolute atomic E-state index is 13.4. The predicted molar refractivity (Wildman–Crippen MR) is 274 cm³/mol. The molecule has 0 saturated heterocycles. The van der Waals surface area contributed by atoms with Crippen molar-refractivity contribution in [1.82, 2.24) is 0 Å². The van der Waals surface area contributed by atoms with E-state index >= 15 is 0 Å². The summed E-state index contributed by atoms with van der Waals surface area (Å²) < 4.78 is 22.2. The lowest BCUT2D eigenvalue weighted by Gasteiger charge is -2.37. The summed E-state index contributed by atoms with van der Waals surface area (Å²) >= 11 is 0. The molecule has 0 amide bonds. The summed E-state index contributed by atoms with van der Waals surface area (Å²) in [4.78, 5) is 68.9. The van der Waals surface area contributed by atoms with Gasteiger partial charge in [0.2, 0.25) is 0 Å². The first-order chi connectivity index (χ1) is 36.5. The van der Waals surface area contributed by atoms with Crippen LogP contribution in [0, 0.1) is 40.5 Å². The molecule has 0 saturated carbocycles. The molecule has 8 aromatic carbocycles. The van der Waals surface area contributed by atoms with E-state index in [1.165, 1.54) is 14.2 Å². The highest BCUT2D eigenvalue weighted by Gasteiger charge is 2.46. The molecule has 8 rings (SSSR count). The lowest BCUT2D eigenvalue weighted by Crippen LogP contribution is -2.37. The summed E-state index contributed by atoms with van der Waals surface area (Å²) in [5.41, 5.74) is -4.87. The maximum atomic E-state index is 13.4. The largest absolute Gasteiger partial charge is 0.497 e. The number of hydrogen-bond donors (Lipinski definition) is 2. The van der Waals surface area contributed by atoms with Crippen molar-refractivity contribution in [2.45, 2.75) is 23.4 Å². The maximum Gasteiger partial charge on any atom is 0.339 e. The Morgan fingerprint density at radius 1 is 0.395 bits per heavy atom. The Kier molecular flexibility index (Phi) is 16.6. The number of benzene rings is 8. The standard InChI is InChI=1S/2C28H22N2O8/c2*1-37-25-14-12-22(13-15-25)28(32,21-10-6-3-7-11-21)26(19-8-4-2-5-9-19)38-27(31)20-16-23(29(33)34)18-24(17-20)30(35)36/h2*2-18,26,32H,1H3. The number of non-ortho nitro benzene ring substituents is 4. The van der Waals surface area contributed by atoms with Crippen molar-refractivity contribution in [2.75, 3.05) is 14.2 Å². The number of nitrogens with zero attached hydrogens (tertiary/aromatic N) is 4. The quantitative estimate of drug-likeness (QED) is 0.0459. The highest BCUT2D eigenvalue weighted by Crippen LogP contribution is 2.46. The molecule has 76 heavy (non-hydrogen) atoms. The third-order valence-electron chi connectivity index (χ3n) is 12.0. The number of nitro groups is 4. The summed E-state index contributed by atoms with van der Waals surface area (Å²) in [7, 11) is 3.01. The average Bonchev–Trinajstić information content (AvgIpc) is 3.46. The van der Waals surface area contributed by atoms with Gasteiger partial charge in [0.1, 0.15) is 11.5 Å². The first-order valence-corrected chi connectivity index (χ1v) is 22.7. The molecule has 0 aliphatic heterocycles. The van der Waals surface area contributed by atoms with Crippen molar-refractivity contribution >= 4 is 34.7 Å². The normalized spacial score (nSPS) is 13.1. The molecule has 8 aromatic rings. The van der Waals surface area contributed by atoms with Crippen LogP contribution in [0.2, 0.25) is 0 Å². The van der Waals surface area contributed by atoms with Crippen LogP contribution in [0.15, 0.2) is 206 Å². The number of rotatable bonds is 18. The molecular weight excluding hydrogens is 985 g/mol. The smallest absolute Gasteiger partial charge is 0.339 e. The second-order valence-electron chi connectivity index (χ2n) is 16.6. The Morgan fingerprint density at radius 3 is 0.895 bits per heavy atom. The van der Waals surface area contributed by atoms with Crippen LogP contribution in [-0.4, -0.2) is 56.1 Å². The van der Waals surface area contributed by atoms with E-state index in [1.807, 2.05) is 0 Å². The van der Waals surface area contributed by atoms with Crippen molar-refractivity contribution in [1.29, 1.82) is 0 Å². The molecule has 0 aliphatic rings. The highest BCUT2D eigenvalue weighted by molar-refractivity contribution is 5.92. The number of esters is 2. The molecule has 0 aliphatic carbocycles. The van der Waals surface area contributed by atoms with Crippen molar-refractivity contribution in [3.8, 4) is 11.5 Å². The molecule has 0 heterocycles. The first-order valence-electron chi connectivity index (χ1n) is 22.7. The minimum atomic E-state index is -1.93. The summed E-state index contributed by atoms with van der Waals surface area (Å²) in [6.07, 6.45) is -2.71. The van der Waals surface area contributed by atoms with Gasteiger partial charge in [-0.3, -0.25) is 40.5 Å². The number of carbonyl (C=O) groups is 2. The minimum Gasteiger partial charge on any atom is -0.497 e. The van der Waals surface area contributed by atoms with Crippen LogP contribution in [0.4, 0.5) is 22.7 Å². The number of aliphatic hydroxyl groups is 2. The van der Waals surface area contributed by atoms with Crippen molar-refractivity contribution < 1.29 is 58.4 Å². The number of nitro benzene ring substituents is 4. The number of ether oxygens (including phenoxy) is 4. The lowest BCUT2D eigenvalue weighted by atomic mass is 9.78. The van der Waals surface area contributed by atoms with Gasteiger partial charge in [0, 0.05) is 24.3 Å². The van der Waals surface area contributed by atoms with E-state index in [-0.39, 0.29) is 0 Å². The van der Waals surface area contributed by atoms with Crippen LogP contribution in [0.1, 0.15) is 66.3 Å². The third-order valence-corrected chi connectivity index (χ3v) is 12.0. The molecule has 4 unspecified atom stereocenters. The van der Waals surface area contributed by atoms with Crippen LogP contribution in [0.25, 0.3) is 0 Å². The van der Waals surface area contributed by atoms with E-state index in [9.17, 15) is 60.3 Å². The Bertz CT molecular complexity index is 3080. The molecule has 0 bridgehead atoms. The third kappa shape index (κ3) is 11.8. The first kappa shape index (κ1) is 53.6. The Hall–Kier alpha value is -10.2. The topological polar surface area (TPSA) is 284 Å². The van der Waals surface area contributed by atoms with Gasteiger partial charge in [-0.05, 0) is 57.6 Å². The Labute approximate surface area is 432 Å². The molecule has 0 spiro atoms. The van der Waals surface area contributed by atoms with Gasteiger partial charge in [-0.2, -0.15) is 0 Å². The molecule has 20 nitrogen and oxygen atoms in total. The molecule has 0 fully saturated rings. The highest BCUT2D eigenvalue weighted by atomic mass is 16.6. The zero-order valence-corrected chi connectivity index (χ0v) is 40.2. The summed E-state index contributed by atoms with van der Waals surface area (Å²) in [6, 6.07) is 52.3. The van der Waals surface area contributed by atoms with Gasteiger partial charge < -0.3 is 29.2 Å². The molecule has 0 aromatic heterocycles. The summed E-state index contributed by atoms with van der Waals surface area (Å²) in [5, 5.41) is 70.2. The van der Waals surface area contributed by atoms with Gasteiger partial charge >= 0.3 is 11.9 Å². The van der Waals surface area contributed by atoms with Gasteiger partial charge in [-0.25, -0.2) is 9.59 Å². The molecule has 384 valence electrons. The number of hydrogen-bond acceptors (Lipinski definition) is 16. The van der Waals surface area contributed by atoms with E-state index in [2.05, 4.69) is 0 Å². The van der Waals surface area contributed by atoms with Crippen molar-refractivity contribution in [2.24, 2.45) is 0 Å². The van der Waals surface area contributed by atoms with E-state index < -0.39 is 88.9 Å². The summed E-state index contributed by atoms with van der Waals surface area (Å²) in [5.74, 6) is -1.09. The molecule has 20 heteroatoms. The van der Waals surface area contributed by atoms with E-state index in [0.717, 1.165) is 36.4 Å². The predicted octanol–water partition coefficient (Wildman–Crippen LogP) is 10.7. The van der Waals surface area contributed by atoms with Crippen LogP contribution in [0.5, 0.6) is 11.5 Å². The van der Waals surface area contributed by atoms with E-state index in [1.54, 1.807) is 170 Å². The molecule has 4 atom stereocenters. The fraction of sp³-hybridized carbons (Fsp3) is 0.107. The molecular formula is C56H44N4O16. The van der Waals surface area contributed by atoms with E-state index in [4.69, 9.17) is 18.9 Å². The zero-order valence-electron chi connectivity index (χ0n) is 40.2. The van der Waals surface area contributed by atoms with Crippen LogP contribution >= 0.6 is 0 Å². The zero-order chi connectivity index (χ0) is 54.6.